The van der Waals surface area contributed by atoms with E-state index in [1.807, 2.05) is 0 Å². The van der Waals surface area contributed by atoms with E-state index in [0.29, 0.717) is 0 Å². The van der Waals surface area contributed by atoms with E-state index in [4.69, 9.17) is 21.8 Å². The fourth-order valence-corrected chi connectivity index (χ4v) is 0.556. The number of carboxylic acid groups (broad SMARTS) is 1. The van der Waals surface area contributed by atoms with Crippen LogP contribution in [0.1, 0.15) is 0 Å². The van der Waals surface area contributed by atoms with E-state index in [2.05, 4.69) is 4.74 Å². The molecule has 2 N–H and O–H groups in total. The molecule has 0 aliphatic rings. The van der Waals surface area contributed by atoms with Crippen LogP contribution in [0.5, 0.6) is 0 Å². The molecule has 0 saturated carbocycles. The van der Waals surface area contributed by atoms with Crippen molar-refractivity contribution in [1.82, 2.24) is 0 Å². The third kappa shape index (κ3) is 4.05. The molecule has 0 aromatic rings. The second kappa shape index (κ2) is 5.71. The molecule has 0 radical (unpaired) electrons. The maximum atomic E-state index is 11.9. The fourth-order valence-electron chi connectivity index (χ4n) is 0.430. The number of esters is 1. The lowest BCUT2D eigenvalue weighted by Gasteiger charge is -2.11. The molecule has 0 bridgehead atoms. The van der Waals surface area contributed by atoms with Gasteiger partial charge in [0.2, 0.25) is 6.10 Å². The Morgan fingerprint density at radius 3 is 2.38 bits per heavy atom. The third-order valence-corrected chi connectivity index (χ3v) is 1.38. The van der Waals surface area contributed by atoms with Gasteiger partial charge in [-0.25, -0.2) is 14.0 Å². The molecule has 0 aliphatic carbocycles. The standard InChI is InChI=1S/C6H8ClFO5/c7-1-3(9)6(12)13-4(2-8)5(10)11/h3-4,9H,1-2H2,(H,10,11). The molecule has 13 heavy (non-hydrogen) atoms. The number of ether oxygens (including phenoxy) is 1. The first kappa shape index (κ1) is 12.1. The second-order valence-electron chi connectivity index (χ2n) is 2.09. The van der Waals surface area contributed by atoms with Crippen LogP contribution in [0.15, 0.2) is 0 Å². The van der Waals surface area contributed by atoms with Gasteiger partial charge >= 0.3 is 11.9 Å². The Kier molecular flexibility index (Phi) is 5.33. The first-order valence-electron chi connectivity index (χ1n) is 3.26. The van der Waals surface area contributed by atoms with Crippen molar-refractivity contribution < 1.29 is 28.9 Å². The van der Waals surface area contributed by atoms with Crippen LogP contribution in [0.4, 0.5) is 4.39 Å². The molecule has 2 atom stereocenters. The minimum atomic E-state index is -1.88. The molecule has 0 amide bonds. The summed E-state index contributed by atoms with van der Waals surface area (Å²) in [6, 6.07) is 0. The van der Waals surface area contributed by atoms with Gasteiger partial charge in [0.25, 0.3) is 0 Å². The van der Waals surface area contributed by atoms with Crippen LogP contribution in [0, 0.1) is 0 Å². The number of alkyl halides is 2. The topological polar surface area (TPSA) is 83.8 Å². The first-order chi connectivity index (χ1) is 6.02. The molecular weight excluding hydrogens is 207 g/mol. The number of aliphatic hydroxyl groups is 1. The molecule has 0 aromatic carbocycles. The molecule has 2 unspecified atom stereocenters. The largest absolute Gasteiger partial charge is 0.478 e. The number of hydrogen-bond acceptors (Lipinski definition) is 4. The Bertz CT molecular complexity index is 197. The average molecular weight is 215 g/mol. The number of carbonyl (C=O) groups is 2. The van der Waals surface area contributed by atoms with Gasteiger partial charge in [-0.1, -0.05) is 0 Å². The van der Waals surface area contributed by atoms with Crippen molar-refractivity contribution in [2.24, 2.45) is 0 Å². The number of carbonyl (C=O) groups excluding carboxylic acids is 1. The summed E-state index contributed by atoms with van der Waals surface area (Å²) in [7, 11) is 0. The van der Waals surface area contributed by atoms with Gasteiger partial charge in [-0.05, 0) is 0 Å². The molecule has 0 saturated heterocycles. The molecule has 7 heteroatoms. The zero-order valence-corrected chi connectivity index (χ0v) is 7.20. The number of halogens is 2. The van der Waals surface area contributed by atoms with Crippen molar-refractivity contribution in [1.29, 1.82) is 0 Å². The first-order valence-corrected chi connectivity index (χ1v) is 3.79. The highest BCUT2D eigenvalue weighted by Gasteiger charge is 2.25. The molecule has 76 valence electrons. The van der Waals surface area contributed by atoms with E-state index >= 15 is 0 Å². The van der Waals surface area contributed by atoms with Crippen LogP contribution in [-0.4, -0.2) is 46.9 Å². The predicted molar refractivity (Wildman–Crippen MR) is 40.2 cm³/mol. The molecular formula is C6H8ClFO5. The molecule has 0 aliphatic heterocycles. The smallest absolute Gasteiger partial charge is 0.347 e. The summed E-state index contributed by atoms with van der Waals surface area (Å²) >= 11 is 5.06. The maximum Gasteiger partial charge on any atom is 0.347 e. The van der Waals surface area contributed by atoms with Crippen molar-refractivity contribution in [2.75, 3.05) is 12.6 Å². The molecule has 0 aromatic heterocycles. The lowest BCUT2D eigenvalue weighted by Crippen LogP contribution is -2.34. The van der Waals surface area contributed by atoms with Crippen molar-refractivity contribution in [3.63, 3.8) is 0 Å². The lowest BCUT2D eigenvalue weighted by atomic mass is 10.3. The molecule has 0 heterocycles. The number of aliphatic hydroxyl groups excluding tert-OH is 1. The quantitative estimate of drug-likeness (QED) is 0.479. The van der Waals surface area contributed by atoms with E-state index in [0.717, 1.165) is 0 Å². The van der Waals surface area contributed by atoms with Gasteiger partial charge in [-0.15, -0.1) is 11.6 Å². The Morgan fingerprint density at radius 1 is 1.54 bits per heavy atom. The number of rotatable bonds is 5. The van der Waals surface area contributed by atoms with Crippen molar-refractivity contribution >= 4 is 23.5 Å². The van der Waals surface area contributed by atoms with Crippen LogP contribution in [0.2, 0.25) is 0 Å². The zero-order chi connectivity index (χ0) is 10.4. The summed E-state index contributed by atoms with van der Waals surface area (Å²) in [5, 5.41) is 17.0. The molecule has 0 spiro atoms. The van der Waals surface area contributed by atoms with Crippen LogP contribution >= 0.6 is 11.6 Å². The SMILES string of the molecule is O=C(OC(CF)C(=O)O)C(O)CCl. The Hall–Kier alpha value is -0.880. The summed E-state index contributed by atoms with van der Waals surface area (Å²) in [5.74, 6) is -3.30. The fraction of sp³-hybridized carbons (Fsp3) is 0.667. The minimum Gasteiger partial charge on any atom is -0.478 e. The van der Waals surface area contributed by atoms with Crippen LogP contribution in [0.3, 0.4) is 0 Å². The summed E-state index contributed by atoms with van der Waals surface area (Å²) in [6.45, 7) is -1.35. The second-order valence-corrected chi connectivity index (χ2v) is 2.40. The van der Waals surface area contributed by atoms with Crippen LogP contribution in [0.25, 0.3) is 0 Å². The minimum absolute atomic E-state index is 0.433. The van der Waals surface area contributed by atoms with Gasteiger partial charge in [0.05, 0.1) is 5.88 Å². The van der Waals surface area contributed by atoms with E-state index in [1.54, 1.807) is 0 Å². The molecule has 0 rings (SSSR count). The lowest BCUT2D eigenvalue weighted by molar-refractivity contribution is -0.170. The van der Waals surface area contributed by atoms with E-state index in [9.17, 15) is 14.0 Å². The molecule has 0 fully saturated rings. The summed E-state index contributed by atoms with van der Waals surface area (Å²) in [6.07, 6.45) is -3.51. The maximum absolute atomic E-state index is 11.9. The Labute approximate surface area is 78.1 Å². The summed E-state index contributed by atoms with van der Waals surface area (Å²) < 4.78 is 15.9. The van der Waals surface area contributed by atoms with E-state index in [1.165, 1.54) is 0 Å². The number of carboxylic acids is 1. The van der Waals surface area contributed by atoms with Gasteiger partial charge < -0.3 is 14.9 Å². The highest BCUT2D eigenvalue weighted by molar-refractivity contribution is 6.19. The normalized spacial score (nSPS) is 14.7. The van der Waals surface area contributed by atoms with Gasteiger partial charge in [-0.2, -0.15) is 0 Å². The summed E-state index contributed by atoms with van der Waals surface area (Å²) in [4.78, 5) is 20.8. The highest BCUT2D eigenvalue weighted by atomic mass is 35.5. The van der Waals surface area contributed by atoms with Crippen molar-refractivity contribution in [3.05, 3.63) is 0 Å². The van der Waals surface area contributed by atoms with Crippen LogP contribution < -0.4 is 0 Å². The summed E-state index contributed by atoms with van der Waals surface area (Å²) in [5.41, 5.74) is 0. The van der Waals surface area contributed by atoms with Gasteiger partial charge in [0, 0.05) is 0 Å². The number of hydrogen-bond donors (Lipinski definition) is 2. The van der Waals surface area contributed by atoms with Gasteiger partial charge in [0.15, 0.2) is 6.10 Å². The van der Waals surface area contributed by atoms with E-state index < -0.39 is 36.7 Å². The average Bonchev–Trinajstić information content (AvgIpc) is 2.11. The van der Waals surface area contributed by atoms with Crippen LogP contribution in [-0.2, 0) is 14.3 Å². The Balaban J connectivity index is 4.09. The van der Waals surface area contributed by atoms with E-state index in [-0.39, 0.29) is 0 Å². The zero-order valence-electron chi connectivity index (χ0n) is 6.44. The predicted octanol–water partition coefficient (Wildman–Crippen LogP) is -0.448. The van der Waals surface area contributed by atoms with Gasteiger partial charge in [-0.3, -0.25) is 0 Å². The Morgan fingerprint density at radius 2 is 2.08 bits per heavy atom. The van der Waals surface area contributed by atoms with Crippen molar-refractivity contribution in [2.45, 2.75) is 12.2 Å². The number of aliphatic carboxylic acids is 1. The highest BCUT2D eigenvalue weighted by Crippen LogP contribution is 1.99. The van der Waals surface area contributed by atoms with Crippen molar-refractivity contribution in [3.8, 4) is 0 Å². The monoisotopic (exact) mass is 214 g/mol. The third-order valence-electron chi connectivity index (χ3n) is 1.09. The molecule has 5 nitrogen and oxygen atoms in total. The van der Waals surface area contributed by atoms with Gasteiger partial charge in [0.1, 0.15) is 6.67 Å².